The molecule has 168 valence electrons. The van der Waals surface area contributed by atoms with Crippen LogP contribution in [0, 0.1) is 18.8 Å². The highest BCUT2D eigenvalue weighted by molar-refractivity contribution is 7.98. The van der Waals surface area contributed by atoms with Gasteiger partial charge in [-0.3, -0.25) is 9.78 Å². The average Bonchev–Trinajstić information content (AvgIpc) is 2.83. The fourth-order valence-electron chi connectivity index (χ4n) is 3.53. The van der Waals surface area contributed by atoms with Crippen LogP contribution in [0.15, 0.2) is 67.0 Å². The van der Waals surface area contributed by atoms with E-state index in [1.807, 2.05) is 55.6 Å². The molecule has 1 N–H and O–H groups in total. The quantitative estimate of drug-likeness (QED) is 0.518. The van der Waals surface area contributed by atoms with E-state index in [2.05, 4.69) is 16.8 Å². The van der Waals surface area contributed by atoms with Crippen molar-refractivity contribution in [2.75, 3.05) is 19.1 Å². The molecule has 0 aliphatic rings. The Morgan fingerprint density at radius 1 is 1.06 bits per heavy atom. The number of aliphatic carboxylic acids is 1. The van der Waals surface area contributed by atoms with Gasteiger partial charge in [-0.05, 0) is 72.4 Å². The lowest BCUT2D eigenvalue weighted by atomic mass is 9.93. The maximum Gasteiger partial charge on any atom is 0.326 e. The Balaban J connectivity index is 2.05. The lowest BCUT2D eigenvalue weighted by Crippen LogP contribution is -2.43. The summed E-state index contributed by atoms with van der Waals surface area (Å²) in [5, 5.41) is 9.69. The van der Waals surface area contributed by atoms with E-state index in [-0.39, 0.29) is 5.91 Å². The van der Waals surface area contributed by atoms with E-state index in [0.717, 1.165) is 27.8 Å². The first-order valence-corrected chi connectivity index (χ1v) is 11.9. The van der Waals surface area contributed by atoms with Gasteiger partial charge in [0, 0.05) is 36.1 Å². The van der Waals surface area contributed by atoms with E-state index < -0.39 is 12.0 Å². The van der Waals surface area contributed by atoms with Gasteiger partial charge in [-0.1, -0.05) is 36.1 Å². The molecule has 1 unspecified atom stereocenters. The van der Waals surface area contributed by atoms with Gasteiger partial charge in [0.2, 0.25) is 0 Å². The molecular weight excluding hydrogens is 432 g/mol. The van der Waals surface area contributed by atoms with Crippen molar-refractivity contribution in [1.82, 2.24) is 9.88 Å². The molecule has 0 radical (unpaired) electrons. The van der Waals surface area contributed by atoms with Crippen molar-refractivity contribution < 1.29 is 14.7 Å². The number of thioether (sulfide) groups is 1. The molecule has 1 amide bonds. The van der Waals surface area contributed by atoms with Crippen molar-refractivity contribution in [3.63, 3.8) is 0 Å². The Morgan fingerprint density at radius 3 is 2.48 bits per heavy atom. The number of aromatic nitrogens is 1. The highest BCUT2D eigenvalue weighted by atomic mass is 32.2. The number of nitrogens with zero attached hydrogens (tertiary/aromatic N) is 2. The molecule has 3 rings (SSSR count). The Bertz CT molecular complexity index is 1200. The zero-order valence-corrected chi connectivity index (χ0v) is 19.7. The number of carbonyl (C=O) groups excluding carboxylic acids is 1. The Kier molecular flexibility index (Phi) is 8.28. The molecule has 1 aromatic heterocycles. The first-order valence-electron chi connectivity index (χ1n) is 10.5. The second-order valence-electron chi connectivity index (χ2n) is 7.62. The fourth-order valence-corrected chi connectivity index (χ4v) is 3.99. The third-order valence-corrected chi connectivity index (χ3v) is 6.01. The van der Waals surface area contributed by atoms with Crippen LogP contribution in [-0.2, 0) is 4.79 Å². The molecule has 2 aromatic carbocycles. The number of carbonyl (C=O) groups is 2. The predicted molar refractivity (Wildman–Crippen MR) is 133 cm³/mol. The predicted octanol–water partition coefficient (Wildman–Crippen LogP) is 4.74. The van der Waals surface area contributed by atoms with Gasteiger partial charge in [0.1, 0.15) is 6.04 Å². The van der Waals surface area contributed by atoms with Crippen LogP contribution in [0.1, 0.15) is 33.5 Å². The average molecular weight is 459 g/mol. The number of rotatable bonds is 7. The minimum Gasteiger partial charge on any atom is -0.480 e. The highest BCUT2D eigenvalue weighted by Crippen LogP contribution is 2.29. The molecule has 1 atom stereocenters. The normalized spacial score (nSPS) is 11.2. The van der Waals surface area contributed by atoms with Crippen LogP contribution in [0.5, 0.6) is 0 Å². The van der Waals surface area contributed by atoms with Gasteiger partial charge in [-0.25, -0.2) is 4.79 Å². The first-order chi connectivity index (χ1) is 15.9. The summed E-state index contributed by atoms with van der Waals surface area (Å²) in [6.07, 6.45) is 5.69. The van der Waals surface area contributed by atoms with Crippen LogP contribution in [0.3, 0.4) is 0 Å². The SMILES string of the molecule is CSCCC(C(=O)O)N(C)C(=O)c1ccc(C#Cc2cccnc2)cc1-c1ccccc1C. The maximum absolute atomic E-state index is 13.5. The molecule has 0 aliphatic carbocycles. The second kappa shape index (κ2) is 11.3. The van der Waals surface area contributed by atoms with Gasteiger partial charge in [0.25, 0.3) is 5.91 Å². The van der Waals surface area contributed by atoms with E-state index in [9.17, 15) is 14.7 Å². The number of hydrogen-bond acceptors (Lipinski definition) is 4. The Morgan fingerprint density at radius 2 is 1.82 bits per heavy atom. The largest absolute Gasteiger partial charge is 0.480 e. The van der Waals surface area contributed by atoms with Crippen molar-refractivity contribution in [3.05, 3.63) is 89.2 Å². The minimum atomic E-state index is -1.00. The fraction of sp³-hybridized carbons (Fsp3) is 0.222. The van der Waals surface area contributed by atoms with Gasteiger partial charge in [-0.2, -0.15) is 11.8 Å². The van der Waals surface area contributed by atoms with Crippen LogP contribution >= 0.6 is 11.8 Å². The topological polar surface area (TPSA) is 70.5 Å². The highest BCUT2D eigenvalue weighted by Gasteiger charge is 2.28. The Hall–Kier alpha value is -3.56. The molecule has 1 heterocycles. The summed E-state index contributed by atoms with van der Waals surface area (Å²) in [5.74, 6) is 5.56. The standard InChI is InChI=1S/C27H26N2O3S/c1-19-7-4-5-9-22(19)24-17-20(10-11-21-8-6-15-28-18-21)12-13-23(24)26(30)29(2)25(27(31)32)14-16-33-3/h4-9,12-13,15,17-18,25H,14,16H2,1-3H3,(H,31,32). The maximum atomic E-state index is 13.5. The molecule has 6 heteroatoms. The van der Waals surface area contributed by atoms with Gasteiger partial charge in [-0.15, -0.1) is 0 Å². The molecule has 0 fully saturated rings. The van der Waals surface area contributed by atoms with E-state index in [1.165, 1.54) is 4.90 Å². The van der Waals surface area contributed by atoms with E-state index >= 15 is 0 Å². The monoisotopic (exact) mass is 458 g/mol. The second-order valence-corrected chi connectivity index (χ2v) is 8.60. The molecule has 0 bridgehead atoms. The van der Waals surface area contributed by atoms with Crippen molar-refractivity contribution in [3.8, 4) is 23.0 Å². The summed E-state index contributed by atoms with van der Waals surface area (Å²) in [7, 11) is 1.55. The summed E-state index contributed by atoms with van der Waals surface area (Å²) in [5.41, 5.74) is 4.67. The van der Waals surface area contributed by atoms with Crippen LogP contribution in [0.25, 0.3) is 11.1 Å². The van der Waals surface area contributed by atoms with Crippen LogP contribution in [0.2, 0.25) is 0 Å². The smallest absolute Gasteiger partial charge is 0.326 e. The van der Waals surface area contributed by atoms with Gasteiger partial charge in [0.05, 0.1) is 0 Å². The van der Waals surface area contributed by atoms with Crippen molar-refractivity contribution in [1.29, 1.82) is 0 Å². The molecule has 0 saturated heterocycles. The number of likely N-dealkylation sites (N-methyl/N-ethyl adjacent to an activating group) is 1. The molecule has 5 nitrogen and oxygen atoms in total. The third kappa shape index (κ3) is 6.03. The minimum absolute atomic E-state index is 0.325. The molecule has 3 aromatic rings. The molecule has 0 aliphatic heterocycles. The number of benzene rings is 2. The zero-order valence-electron chi connectivity index (χ0n) is 18.9. The number of amides is 1. The summed E-state index contributed by atoms with van der Waals surface area (Å²) >= 11 is 1.56. The summed E-state index contributed by atoms with van der Waals surface area (Å²) in [6, 6.07) is 16.1. The molecule has 0 spiro atoms. The Labute approximate surface area is 198 Å². The lowest BCUT2D eigenvalue weighted by Gasteiger charge is -2.26. The summed E-state index contributed by atoms with van der Waals surface area (Å²) in [4.78, 5) is 30.7. The number of carboxylic acid groups (broad SMARTS) is 1. The van der Waals surface area contributed by atoms with Gasteiger partial charge < -0.3 is 10.0 Å². The van der Waals surface area contributed by atoms with Crippen LogP contribution < -0.4 is 0 Å². The molecular formula is C27H26N2O3S. The summed E-state index contributed by atoms with van der Waals surface area (Å²) < 4.78 is 0. The van der Waals surface area contributed by atoms with Crippen molar-refractivity contribution >= 4 is 23.6 Å². The van der Waals surface area contributed by atoms with E-state index in [1.54, 1.807) is 43.3 Å². The van der Waals surface area contributed by atoms with E-state index in [0.29, 0.717) is 17.7 Å². The van der Waals surface area contributed by atoms with Crippen LogP contribution in [0.4, 0.5) is 0 Å². The third-order valence-electron chi connectivity index (χ3n) is 5.37. The number of pyridine rings is 1. The molecule has 33 heavy (non-hydrogen) atoms. The lowest BCUT2D eigenvalue weighted by molar-refractivity contribution is -0.142. The van der Waals surface area contributed by atoms with Crippen molar-refractivity contribution in [2.24, 2.45) is 0 Å². The summed E-state index contributed by atoms with van der Waals surface area (Å²) in [6.45, 7) is 1.99. The molecule has 0 saturated carbocycles. The van der Waals surface area contributed by atoms with Crippen LogP contribution in [-0.4, -0.2) is 52.0 Å². The van der Waals surface area contributed by atoms with E-state index in [4.69, 9.17) is 0 Å². The van der Waals surface area contributed by atoms with Gasteiger partial charge >= 0.3 is 5.97 Å². The van der Waals surface area contributed by atoms with Gasteiger partial charge in [0.15, 0.2) is 0 Å². The number of carboxylic acids is 1. The number of hydrogen-bond donors (Lipinski definition) is 1. The first kappa shape index (κ1) is 24.1. The van der Waals surface area contributed by atoms with Crippen molar-refractivity contribution in [2.45, 2.75) is 19.4 Å². The number of aryl methyl sites for hydroxylation is 1. The zero-order chi connectivity index (χ0) is 23.8.